The third-order valence-electron chi connectivity index (χ3n) is 4.85. The van der Waals surface area contributed by atoms with Crippen LogP contribution in [0.5, 0.6) is 0 Å². The number of hydrogen-bond donors (Lipinski definition) is 1. The Hall–Kier alpha value is -2.02. The minimum Gasteiger partial charge on any atom is -0.481 e. The molecular formula is C17H19F2NO4. The predicted molar refractivity (Wildman–Crippen MR) is 80.5 cm³/mol. The molecule has 0 aromatic heterocycles. The van der Waals surface area contributed by atoms with Gasteiger partial charge in [-0.25, -0.2) is 8.78 Å². The van der Waals surface area contributed by atoms with Gasteiger partial charge in [-0.2, -0.15) is 0 Å². The Morgan fingerprint density at radius 3 is 2.29 bits per heavy atom. The molecule has 2 fully saturated rings. The van der Waals surface area contributed by atoms with Crippen molar-refractivity contribution in [3.63, 3.8) is 0 Å². The van der Waals surface area contributed by atoms with Crippen LogP contribution in [-0.4, -0.2) is 47.7 Å². The van der Waals surface area contributed by atoms with Crippen molar-refractivity contribution in [1.29, 1.82) is 0 Å². The standard InChI is InChI=1S/C17H19F2NO4/c18-12-7-11(8-13(19)9-12)16(21)20-4-1-10(2-5-20)15-14(17(22)23)3-6-24-15/h7-10,14-15H,1-6H2,(H,22,23)/t14?,15-/m0/s1. The Morgan fingerprint density at radius 1 is 1.08 bits per heavy atom. The third kappa shape index (κ3) is 3.40. The quantitative estimate of drug-likeness (QED) is 0.918. The zero-order valence-corrected chi connectivity index (χ0v) is 13.1. The monoisotopic (exact) mass is 339 g/mol. The molecule has 2 heterocycles. The molecule has 0 aliphatic carbocycles. The molecule has 24 heavy (non-hydrogen) atoms. The van der Waals surface area contributed by atoms with Gasteiger partial charge in [-0.3, -0.25) is 9.59 Å². The number of nitrogens with zero attached hydrogens (tertiary/aromatic N) is 1. The lowest BCUT2D eigenvalue weighted by molar-refractivity contribution is -0.145. The summed E-state index contributed by atoms with van der Waals surface area (Å²) in [5.41, 5.74) is -0.00789. The van der Waals surface area contributed by atoms with Crippen molar-refractivity contribution in [2.75, 3.05) is 19.7 Å². The molecule has 0 radical (unpaired) electrons. The summed E-state index contributed by atoms with van der Waals surface area (Å²) in [6.07, 6.45) is 1.45. The smallest absolute Gasteiger partial charge is 0.309 e. The lowest BCUT2D eigenvalue weighted by Crippen LogP contribution is -2.43. The molecule has 1 amide bonds. The van der Waals surface area contributed by atoms with Crippen molar-refractivity contribution in [3.05, 3.63) is 35.4 Å². The molecule has 0 saturated carbocycles. The molecule has 3 rings (SSSR count). The van der Waals surface area contributed by atoms with Crippen molar-refractivity contribution in [3.8, 4) is 0 Å². The molecular weight excluding hydrogens is 320 g/mol. The number of carboxylic acid groups (broad SMARTS) is 1. The van der Waals surface area contributed by atoms with Crippen molar-refractivity contribution >= 4 is 11.9 Å². The fourth-order valence-corrected chi connectivity index (χ4v) is 3.63. The number of carbonyl (C=O) groups excluding carboxylic acids is 1. The van der Waals surface area contributed by atoms with E-state index in [-0.39, 0.29) is 17.6 Å². The highest BCUT2D eigenvalue weighted by Crippen LogP contribution is 2.33. The van der Waals surface area contributed by atoms with E-state index in [1.807, 2.05) is 0 Å². The summed E-state index contributed by atoms with van der Waals surface area (Å²) in [5, 5.41) is 9.24. The Kier molecular flexibility index (Phi) is 4.80. The first-order chi connectivity index (χ1) is 11.5. The molecule has 2 aliphatic rings. The van der Waals surface area contributed by atoms with Crippen LogP contribution in [0.2, 0.25) is 0 Å². The maximum Gasteiger partial charge on any atom is 0.309 e. The van der Waals surface area contributed by atoms with Crippen LogP contribution >= 0.6 is 0 Å². The Balaban J connectivity index is 1.62. The summed E-state index contributed by atoms with van der Waals surface area (Å²) >= 11 is 0. The highest BCUT2D eigenvalue weighted by molar-refractivity contribution is 5.94. The van der Waals surface area contributed by atoms with Crippen molar-refractivity contribution < 1.29 is 28.2 Å². The average molecular weight is 339 g/mol. The molecule has 5 nitrogen and oxygen atoms in total. The number of ether oxygens (including phenoxy) is 1. The van der Waals surface area contributed by atoms with E-state index < -0.39 is 29.4 Å². The van der Waals surface area contributed by atoms with Gasteiger partial charge in [0.1, 0.15) is 11.6 Å². The van der Waals surface area contributed by atoms with Gasteiger partial charge in [0.25, 0.3) is 5.91 Å². The van der Waals surface area contributed by atoms with E-state index in [2.05, 4.69) is 0 Å². The molecule has 1 unspecified atom stereocenters. The first-order valence-corrected chi connectivity index (χ1v) is 8.05. The largest absolute Gasteiger partial charge is 0.481 e. The van der Waals surface area contributed by atoms with E-state index in [9.17, 15) is 23.5 Å². The number of rotatable bonds is 3. The third-order valence-corrected chi connectivity index (χ3v) is 4.85. The fourth-order valence-electron chi connectivity index (χ4n) is 3.63. The van der Waals surface area contributed by atoms with Gasteiger partial charge in [-0.05, 0) is 37.3 Å². The lowest BCUT2D eigenvalue weighted by atomic mass is 9.84. The minimum atomic E-state index is -0.841. The number of halogens is 2. The van der Waals surface area contributed by atoms with Crippen LogP contribution in [0.1, 0.15) is 29.6 Å². The zero-order chi connectivity index (χ0) is 17.3. The number of hydrogen-bond acceptors (Lipinski definition) is 3. The van der Waals surface area contributed by atoms with Gasteiger partial charge in [0.2, 0.25) is 0 Å². The Labute approximate surface area is 138 Å². The predicted octanol–water partition coefficient (Wildman–Crippen LogP) is 2.31. The highest BCUT2D eigenvalue weighted by Gasteiger charge is 2.40. The molecule has 7 heteroatoms. The highest BCUT2D eigenvalue weighted by atomic mass is 19.1. The molecule has 0 bridgehead atoms. The SMILES string of the molecule is O=C(O)C1CCO[C@H]1C1CCN(C(=O)c2cc(F)cc(F)c2)CC1. The Morgan fingerprint density at radius 2 is 1.71 bits per heavy atom. The summed E-state index contributed by atoms with van der Waals surface area (Å²) in [7, 11) is 0. The minimum absolute atomic E-state index is 0.00789. The van der Waals surface area contributed by atoms with E-state index >= 15 is 0 Å². The summed E-state index contributed by atoms with van der Waals surface area (Å²) < 4.78 is 32.1. The van der Waals surface area contributed by atoms with Gasteiger partial charge in [-0.1, -0.05) is 0 Å². The second kappa shape index (κ2) is 6.84. The number of likely N-dealkylation sites (tertiary alicyclic amines) is 1. The lowest BCUT2D eigenvalue weighted by Gasteiger charge is -2.35. The number of benzene rings is 1. The van der Waals surface area contributed by atoms with Crippen molar-refractivity contribution in [2.24, 2.45) is 11.8 Å². The second-order valence-corrected chi connectivity index (χ2v) is 6.36. The number of amides is 1. The van der Waals surface area contributed by atoms with Crippen LogP contribution in [0, 0.1) is 23.5 Å². The number of aliphatic carboxylic acids is 1. The van der Waals surface area contributed by atoms with Crippen LogP contribution in [0.25, 0.3) is 0 Å². The van der Waals surface area contributed by atoms with E-state index in [1.165, 1.54) is 0 Å². The number of carboxylic acids is 1. The van der Waals surface area contributed by atoms with Gasteiger partial charge >= 0.3 is 5.97 Å². The summed E-state index contributed by atoms with van der Waals surface area (Å²) in [6, 6.07) is 2.78. The van der Waals surface area contributed by atoms with Crippen LogP contribution in [0.15, 0.2) is 18.2 Å². The van der Waals surface area contributed by atoms with E-state index in [0.29, 0.717) is 39.0 Å². The Bertz CT molecular complexity index is 623. The fraction of sp³-hybridized carbons (Fsp3) is 0.529. The molecule has 2 saturated heterocycles. The van der Waals surface area contributed by atoms with E-state index in [1.54, 1.807) is 4.90 Å². The van der Waals surface area contributed by atoms with Gasteiger partial charge in [-0.15, -0.1) is 0 Å². The van der Waals surface area contributed by atoms with Crippen LogP contribution < -0.4 is 0 Å². The molecule has 2 atom stereocenters. The molecule has 130 valence electrons. The maximum absolute atomic E-state index is 13.3. The van der Waals surface area contributed by atoms with Gasteiger partial charge < -0.3 is 14.7 Å². The zero-order valence-electron chi connectivity index (χ0n) is 13.1. The molecule has 1 aromatic carbocycles. The van der Waals surface area contributed by atoms with E-state index in [4.69, 9.17) is 4.74 Å². The summed E-state index contributed by atoms with van der Waals surface area (Å²) in [6.45, 7) is 1.30. The topological polar surface area (TPSA) is 66.8 Å². The van der Waals surface area contributed by atoms with Gasteiger partial charge in [0, 0.05) is 31.3 Å². The van der Waals surface area contributed by atoms with E-state index in [0.717, 1.165) is 18.2 Å². The van der Waals surface area contributed by atoms with Gasteiger partial charge in [0.15, 0.2) is 0 Å². The number of piperidine rings is 1. The average Bonchev–Trinajstić information content (AvgIpc) is 3.03. The summed E-state index contributed by atoms with van der Waals surface area (Å²) in [5.74, 6) is -3.22. The van der Waals surface area contributed by atoms with Crippen molar-refractivity contribution in [1.82, 2.24) is 4.90 Å². The molecule has 1 N–H and O–H groups in total. The maximum atomic E-state index is 13.3. The normalized spacial score (nSPS) is 25.0. The first-order valence-electron chi connectivity index (χ1n) is 8.05. The van der Waals surface area contributed by atoms with Crippen LogP contribution in [-0.2, 0) is 9.53 Å². The van der Waals surface area contributed by atoms with Crippen LogP contribution in [0.3, 0.4) is 0 Å². The van der Waals surface area contributed by atoms with Crippen LogP contribution in [0.4, 0.5) is 8.78 Å². The summed E-state index contributed by atoms with van der Waals surface area (Å²) in [4.78, 5) is 25.2. The molecule has 2 aliphatic heterocycles. The first kappa shape index (κ1) is 16.8. The van der Waals surface area contributed by atoms with Crippen molar-refractivity contribution in [2.45, 2.75) is 25.4 Å². The second-order valence-electron chi connectivity index (χ2n) is 6.36. The molecule has 1 aromatic rings. The van der Waals surface area contributed by atoms with Gasteiger partial charge in [0.05, 0.1) is 12.0 Å². The number of carbonyl (C=O) groups is 2. The molecule has 0 spiro atoms.